The Labute approximate surface area is 137 Å². The topological polar surface area (TPSA) is 59.4 Å². The molecule has 106 valence electrons. The van der Waals surface area contributed by atoms with Crippen LogP contribution in [0.25, 0.3) is 10.8 Å². The molecule has 0 atom stereocenters. The quantitative estimate of drug-likeness (QED) is 0.674. The minimum atomic E-state index is -1.12. The van der Waals surface area contributed by atoms with Gasteiger partial charge in [-0.3, -0.25) is 0 Å². The number of ether oxygens (including phenoxy) is 1. The number of thiazole rings is 1. The zero-order valence-corrected chi connectivity index (χ0v) is 13.5. The third-order valence-electron chi connectivity index (χ3n) is 2.74. The lowest BCUT2D eigenvalue weighted by molar-refractivity contribution is 0.0702. The summed E-state index contributed by atoms with van der Waals surface area (Å²) in [7, 11) is 0. The number of halogens is 2. The Bertz CT molecular complexity index is 849. The van der Waals surface area contributed by atoms with E-state index in [4.69, 9.17) is 21.4 Å². The first-order valence-electron chi connectivity index (χ1n) is 5.80. The van der Waals surface area contributed by atoms with E-state index in [1.165, 1.54) is 0 Å². The van der Waals surface area contributed by atoms with E-state index in [-0.39, 0.29) is 15.2 Å². The van der Waals surface area contributed by atoms with Gasteiger partial charge in [0.25, 0.3) is 5.19 Å². The van der Waals surface area contributed by atoms with Crippen LogP contribution in [-0.2, 0) is 0 Å². The van der Waals surface area contributed by atoms with E-state index >= 15 is 0 Å². The Morgan fingerprint density at radius 1 is 1.24 bits per heavy atom. The van der Waals surface area contributed by atoms with Crippen molar-refractivity contribution in [3.63, 3.8) is 0 Å². The fourth-order valence-electron chi connectivity index (χ4n) is 1.82. The van der Waals surface area contributed by atoms with Gasteiger partial charge in [-0.15, -0.1) is 0 Å². The number of hydrogen-bond donors (Lipinski definition) is 1. The molecular weight excluding hydrogens is 378 g/mol. The van der Waals surface area contributed by atoms with Gasteiger partial charge in [0, 0.05) is 4.47 Å². The number of carboxylic acids is 1. The monoisotopic (exact) mass is 383 g/mol. The summed E-state index contributed by atoms with van der Waals surface area (Å²) in [6.45, 7) is 0. The lowest BCUT2D eigenvalue weighted by Crippen LogP contribution is -1.91. The summed E-state index contributed by atoms with van der Waals surface area (Å²) in [5.41, 5.74) is 0. The van der Waals surface area contributed by atoms with Crippen molar-refractivity contribution in [1.82, 2.24) is 4.98 Å². The number of fused-ring (bicyclic) bond motifs is 1. The van der Waals surface area contributed by atoms with E-state index in [0.717, 1.165) is 26.6 Å². The van der Waals surface area contributed by atoms with Gasteiger partial charge < -0.3 is 9.84 Å². The van der Waals surface area contributed by atoms with E-state index < -0.39 is 5.97 Å². The highest BCUT2D eigenvalue weighted by molar-refractivity contribution is 9.10. The molecule has 0 aliphatic carbocycles. The molecule has 3 aromatic rings. The lowest BCUT2D eigenvalue weighted by atomic mass is 10.1. The predicted molar refractivity (Wildman–Crippen MR) is 85.8 cm³/mol. The Kier molecular flexibility index (Phi) is 3.84. The molecule has 21 heavy (non-hydrogen) atoms. The number of hydrogen-bond acceptors (Lipinski definition) is 4. The minimum absolute atomic E-state index is 0.0311. The number of carbonyl (C=O) groups is 1. The molecule has 0 aliphatic heterocycles. The van der Waals surface area contributed by atoms with Crippen molar-refractivity contribution in [3.05, 3.63) is 50.9 Å². The lowest BCUT2D eigenvalue weighted by Gasteiger charge is -2.04. The van der Waals surface area contributed by atoms with Crippen LogP contribution in [0, 0.1) is 0 Å². The Balaban J connectivity index is 1.92. The van der Waals surface area contributed by atoms with Gasteiger partial charge in [0.05, 0.1) is 0 Å². The maximum absolute atomic E-state index is 10.9. The Morgan fingerprint density at radius 2 is 1.95 bits per heavy atom. The second kappa shape index (κ2) is 5.63. The summed E-state index contributed by atoms with van der Waals surface area (Å²) in [5, 5.41) is 11.2. The van der Waals surface area contributed by atoms with Gasteiger partial charge in [0.1, 0.15) is 5.75 Å². The SMILES string of the molecule is O=C(O)c1sc(Oc2ccc3cc(Br)ccc3c2)nc1Cl. The van der Waals surface area contributed by atoms with Crippen molar-refractivity contribution in [1.29, 1.82) is 0 Å². The molecule has 3 rings (SSSR count). The summed E-state index contributed by atoms with van der Waals surface area (Å²) in [4.78, 5) is 14.8. The molecule has 1 heterocycles. The predicted octanol–water partition coefficient (Wildman–Crippen LogP) is 5.20. The van der Waals surface area contributed by atoms with Crippen LogP contribution in [0.2, 0.25) is 5.15 Å². The van der Waals surface area contributed by atoms with Crippen molar-refractivity contribution >= 4 is 55.6 Å². The molecule has 1 aromatic heterocycles. The number of rotatable bonds is 3. The van der Waals surface area contributed by atoms with Crippen LogP contribution in [0.1, 0.15) is 9.67 Å². The van der Waals surface area contributed by atoms with Gasteiger partial charge in [-0.2, -0.15) is 4.98 Å². The number of benzene rings is 2. The van der Waals surface area contributed by atoms with Gasteiger partial charge >= 0.3 is 5.97 Å². The smallest absolute Gasteiger partial charge is 0.349 e. The largest absolute Gasteiger partial charge is 0.477 e. The van der Waals surface area contributed by atoms with Crippen LogP contribution in [0.5, 0.6) is 10.9 Å². The van der Waals surface area contributed by atoms with Crippen molar-refractivity contribution in [3.8, 4) is 10.9 Å². The number of aromatic carboxylic acids is 1. The molecule has 1 N–H and O–H groups in total. The van der Waals surface area contributed by atoms with Crippen molar-refractivity contribution in [2.24, 2.45) is 0 Å². The van der Waals surface area contributed by atoms with Gasteiger partial charge in [0.15, 0.2) is 10.0 Å². The number of aromatic nitrogens is 1. The zero-order chi connectivity index (χ0) is 15.0. The first-order chi connectivity index (χ1) is 10.0. The highest BCUT2D eigenvalue weighted by Crippen LogP contribution is 2.33. The molecule has 0 unspecified atom stereocenters. The minimum Gasteiger partial charge on any atom is -0.477 e. The molecule has 0 aliphatic rings. The Morgan fingerprint density at radius 3 is 2.67 bits per heavy atom. The highest BCUT2D eigenvalue weighted by Gasteiger charge is 2.17. The molecule has 7 heteroatoms. The molecule has 0 spiro atoms. The first-order valence-corrected chi connectivity index (χ1v) is 7.78. The second-order valence-electron chi connectivity index (χ2n) is 4.16. The van der Waals surface area contributed by atoms with Gasteiger partial charge in [0.2, 0.25) is 0 Å². The molecule has 0 amide bonds. The molecule has 0 radical (unpaired) electrons. The van der Waals surface area contributed by atoms with Gasteiger partial charge in [-0.1, -0.05) is 51.0 Å². The van der Waals surface area contributed by atoms with Crippen molar-refractivity contribution in [2.75, 3.05) is 0 Å². The normalized spacial score (nSPS) is 10.8. The molecule has 0 saturated heterocycles. The van der Waals surface area contributed by atoms with Crippen LogP contribution >= 0.6 is 38.9 Å². The summed E-state index contributed by atoms with van der Waals surface area (Å²) < 4.78 is 6.58. The average Bonchev–Trinajstić information content (AvgIpc) is 2.80. The fourth-order valence-corrected chi connectivity index (χ4v) is 3.19. The maximum Gasteiger partial charge on any atom is 0.349 e. The van der Waals surface area contributed by atoms with Crippen LogP contribution in [0.15, 0.2) is 40.9 Å². The molecule has 0 fully saturated rings. The Hall–Kier alpha value is -1.63. The fraction of sp³-hybridized carbons (Fsp3) is 0. The van der Waals surface area contributed by atoms with Crippen LogP contribution in [0.4, 0.5) is 0 Å². The number of carboxylic acid groups (broad SMARTS) is 1. The molecule has 2 aromatic carbocycles. The standard InChI is InChI=1S/C14H7BrClNO3S/c15-9-3-1-8-6-10(4-2-7(8)5-9)20-14-17-12(16)11(21-14)13(18)19/h1-6H,(H,18,19). The molecular formula is C14H7BrClNO3S. The summed E-state index contributed by atoms with van der Waals surface area (Å²) >= 11 is 10.1. The zero-order valence-electron chi connectivity index (χ0n) is 10.3. The van der Waals surface area contributed by atoms with E-state index in [9.17, 15) is 4.79 Å². The molecule has 0 bridgehead atoms. The third-order valence-corrected chi connectivity index (χ3v) is 4.54. The van der Waals surface area contributed by atoms with Crippen molar-refractivity contribution < 1.29 is 14.6 Å². The van der Waals surface area contributed by atoms with E-state index in [0.29, 0.717) is 5.75 Å². The summed E-state index contributed by atoms with van der Waals surface area (Å²) in [6.07, 6.45) is 0. The first kappa shape index (κ1) is 14.3. The van der Waals surface area contributed by atoms with Crippen LogP contribution in [0.3, 0.4) is 0 Å². The van der Waals surface area contributed by atoms with E-state index in [1.807, 2.05) is 30.3 Å². The average molecular weight is 385 g/mol. The van der Waals surface area contributed by atoms with Crippen molar-refractivity contribution in [2.45, 2.75) is 0 Å². The molecule has 4 nitrogen and oxygen atoms in total. The maximum atomic E-state index is 10.9. The van der Waals surface area contributed by atoms with E-state index in [1.54, 1.807) is 6.07 Å². The third kappa shape index (κ3) is 3.02. The summed E-state index contributed by atoms with van der Waals surface area (Å²) in [5.74, 6) is -0.539. The highest BCUT2D eigenvalue weighted by atomic mass is 79.9. The van der Waals surface area contributed by atoms with Gasteiger partial charge in [-0.05, 0) is 35.0 Å². The molecule has 0 saturated carbocycles. The van der Waals surface area contributed by atoms with Crippen LogP contribution < -0.4 is 4.74 Å². The van der Waals surface area contributed by atoms with Gasteiger partial charge in [-0.25, -0.2) is 4.79 Å². The van der Waals surface area contributed by atoms with Crippen LogP contribution in [-0.4, -0.2) is 16.1 Å². The van der Waals surface area contributed by atoms with E-state index in [2.05, 4.69) is 20.9 Å². The second-order valence-corrected chi connectivity index (χ2v) is 6.40. The summed E-state index contributed by atoms with van der Waals surface area (Å²) in [6, 6.07) is 11.5. The number of nitrogens with zero attached hydrogens (tertiary/aromatic N) is 1.